The van der Waals surface area contributed by atoms with Crippen LogP contribution in [0.3, 0.4) is 0 Å². The van der Waals surface area contributed by atoms with Crippen LogP contribution in [-0.4, -0.2) is 27.1 Å². The van der Waals surface area contributed by atoms with E-state index in [0.717, 1.165) is 25.7 Å². The van der Waals surface area contributed by atoms with E-state index in [1.807, 2.05) is 6.92 Å². The van der Waals surface area contributed by atoms with E-state index in [9.17, 15) is 8.42 Å². The lowest BCUT2D eigenvalue weighted by atomic mass is 9.74. The first-order chi connectivity index (χ1) is 10.4. The largest absolute Gasteiger partial charge is 0.494 e. The molecule has 0 saturated heterocycles. The molecule has 124 valence electrons. The fraction of sp³-hybridized carbons (Fsp3) is 0.625. The van der Waals surface area contributed by atoms with Crippen LogP contribution in [0.4, 0.5) is 0 Å². The molecule has 1 fully saturated rings. The van der Waals surface area contributed by atoms with E-state index in [-0.39, 0.29) is 10.8 Å². The molecule has 5 nitrogen and oxygen atoms in total. The molecule has 0 heterocycles. The molecular weight excluding hydrogens is 300 g/mol. The third-order valence-electron chi connectivity index (χ3n) is 4.60. The number of benzene rings is 1. The van der Waals surface area contributed by atoms with E-state index in [0.29, 0.717) is 18.9 Å². The summed E-state index contributed by atoms with van der Waals surface area (Å²) in [6.45, 7) is 4.84. The third-order valence-corrected chi connectivity index (χ3v) is 6.17. The van der Waals surface area contributed by atoms with Crippen molar-refractivity contribution in [3.05, 3.63) is 24.3 Å². The Labute approximate surface area is 133 Å². The second kappa shape index (κ2) is 6.98. The van der Waals surface area contributed by atoms with E-state index in [4.69, 9.17) is 10.5 Å². The number of rotatable bonds is 6. The number of sulfonamides is 1. The van der Waals surface area contributed by atoms with E-state index in [1.165, 1.54) is 0 Å². The first-order valence-corrected chi connectivity index (χ1v) is 9.39. The maximum Gasteiger partial charge on any atom is 0.241 e. The minimum absolute atomic E-state index is 0.240. The van der Waals surface area contributed by atoms with E-state index >= 15 is 0 Å². The molecule has 1 aromatic carbocycles. The fourth-order valence-corrected chi connectivity index (χ4v) is 4.65. The zero-order valence-electron chi connectivity index (χ0n) is 13.3. The Morgan fingerprint density at radius 3 is 2.55 bits per heavy atom. The summed E-state index contributed by atoms with van der Waals surface area (Å²) in [6, 6.07) is 6.50. The molecule has 2 unspecified atom stereocenters. The summed E-state index contributed by atoms with van der Waals surface area (Å²) in [6.07, 6.45) is 3.94. The molecular formula is C16H26N2O3S. The molecule has 22 heavy (non-hydrogen) atoms. The van der Waals surface area contributed by atoms with Crippen molar-refractivity contribution in [2.24, 2.45) is 11.7 Å². The SMILES string of the molecule is CCOc1ccc(S(=O)(=O)NC2(CN)CCCCC2C)cc1. The molecule has 0 spiro atoms. The fourth-order valence-electron chi connectivity index (χ4n) is 3.12. The average molecular weight is 326 g/mol. The number of hydrogen-bond acceptors (Lipinski definition) is 4. The van der Waals surface area contributed by atoms with Crippen LogP contribution in [0.1, 0.15) is 39.5 Å². The second-order valence-electron chi connectivity index (χ2n) is 6.02. The van der Waals surface area contributed by atoms with Crippen molar-refractivity contribution in [3.8, 4) is 5.75 Å². The summed E-state index contributed by atoms with van der Waals surface area (Å²) in [5.41, 5.74) is 5.40. The molecule has 0 bridgehead atoms. The second-order valence-corrected chi connectivity index (χ2v) is 7.70. The number of nitrogens with one attached hydrogen (secondary N) is 1. The summed E-state index contributed by atoms with van der Waals surface area (Å²) in [5.74, 6) is 0.907. The maximum absolute atomic E-state index is 12.7. The quantitative estimate of drug-likeness (QED) is 0.840. The van der Waals surface area contributed by atoms with Crippen molar-refractivity contribution >= 4 is 10.0 Å². The highest BCUT2D eigenvalue weighted by atomic mass is 32.2. The van der Waals surface area contributed by atoms with Crippen molar-refractivity contribution in [2.75, 3.05) is 13.2 Å². The first-order valence-electron chi connectivity index (χ1n) is 7.90. The van der Waals surface area contributed by atoms with Crippen LogP contribution < -0.4 is 15.2 Å². The Kier molecular flexibility index (Phi) is 5.47. The zero-order valence-corrected chi connectivity index (χ0v) is 14.2. The minimum Gasteiger partial charge on any atom is -0.494 e. The van der Waals surface area contributed by atoms with Gasteiger partial charge in [0.2, 0.25) is 10.0 Å². The van der Waals surface area contributed by atoms with Gasteiger partial charge in [0.15, 0.2) is 0 Å². The van der Waals surface area contributed by atoms with Crippen LogP contribution in [0.2, 0.25) is 0 Å². The van der Waals surface area contributed by atoms with Gasteiger partial charge in [-0.2, -0.15) is 0 Å². The lowest BCUT2D eigenvalue weighted by molar-refractivity contribution is 0.191. The van der Waals surface area contributed by atoms with Crippen LogP contribution in [0.25, 0.3) is 0 Å². The highest BCUT2D eigenvalue weighted by Gasteiger charge is 2.40. The van der Waals surface area contributed by atoms with Crippen LogP contribution in [0, 0.1) is 5.92 Å². The predicted molar refractivity (Wildman–Crippen MR) is 87.3 cm³/mol. The molecule has 1 saturated carbocycles. The predicted octanol–water partition coefficient (Wildman–Crippen LogP) is 2.27. The van der Waals surface area contributed by atoms with Gasteiger partial charge in [0.25, 0.3) is 0 Å². The summed E-state index contributed by atoms with van der Waals surface area (Å²) >= 11 is 0. The smallest absolute Gasteiger partial charge is 0.241 e. The van der Waals surface area contributed by atoms with Gasteiger partial charge in [-0.15, -0.1) is 0 Å². The number of ether oxygens (including phenoxy) is 1. The molecule has 2 rings (SSSR count). The normalized spacial score (nSPS) is 25.9. The van der Waals surface area contributed by atoms with Crippen molar-refractivity contribution in [1.82, 2.24) is 4.72 Å². The Hall–Kier alpha value is -1.11. The molecule has 3 N–H and O–H groups in total. The van der Waals surface area contributed by atoms with E-state index in [2.05, 4.69) is 11.6 Å². The van der Waals surface area contributed by atoms with Crippen molar-refractivity contribution in [2.45, 2.75) is 50.0 Å². The summed E-state index contributed by atoms with van der Waals surface area (Å²) in [5, 5.41) is 0. The first kappa shape index (κ1) is 17.2. The summed E-state index contributed by atoms with van der Waals surface area (Å²) in [7, 11) is -3.58. The Morgan fingerprint density at radius 2 is 2.00 bits per heavy atom. The molecule has 2 atom stereocenters. The zero-order chi connectivity index (χ0) is 16.2. The van der Waals surface area contributed by atoms with Gasteiger partial charge in [-0.05, 0) is 49.9 Å². The van der Waals surface area contributed by atoms with E-state index < -0.39 is 15.6 Å². The summed E-state index contributed by atoms with van der Waals surface area (Å²) in [4.78, 5) is 0.251. The average Bonchev–Trinajstić information content (AvgIpc) is 2.50. The van der Waals surface area contributed by atoms with Crippen LogP contribution >= 0.6 is 0 Å². The molecule has 0 aliphatic heterocycles. The Balaban J connectivity index is 2.22. The summed E-state index contributed by atoms with van der Waals surface area (Å²) < 4.78 is 33.6. The topological polar surface area (TPSA) is 81.4 Å². The molecule has 1 aliphatic rings. The van der Waals surface area contributed by atoms with Gasteiger partial charge in [0.05, 0.1) is 11.5 Å². The van der Waals surface area contributed by atoms with Crippen molar-refractivity contribution in [3.63, 3.8) is 0 Å². The Morgan fingerprint density at radius 1 is 1.32 bits per heavy atom. The van der Waals surface area contributed by atoms with Crippen molar-refractivity contribution < 1.29 is 13.2 Å². The van der Waals surface area contributed by atoms with Gasteiger partial charge in [0.1, 0.15) is 5.75 Å². The highest BCUT2D eigenvalue weighted by molar-refractivity contribution is 7.89. The highest BCUT2D eigenvalue weighted by Crippen LogP contribution is 2.34. The third kappa shape index (κ3) is 3.62. The van der Waals surface area contributed by atoms with Crippen LogP contribution in [0.5, 0.6) is 5.75 Å². The van der Waals surface area contributed by atoms with E-state index in [1.54, 1.807) is 24.3 Å². The lowest BCUT2D eigenvalue weighted by Crippen LogP contribution is -2.58. The molecule has 0 radical (unpaired) electrons. The maximum atomic E-state index is 12.7. The van der Waals surface area contributed by atoms with Gasteiger partial charge >= 0.3 is 0 Å². The van der Waals surface area contributed by atoms with Gasteiger partial charge < -0.3 is 10.5 Å². The minimum atomic E-state index is -3.58. The van der Waals surface area contributed by atoms with Gasteiger partial charge in [-0.1, -0.05) is 19.8 Å². The number of nitrogens with two attached hydrogens (primary N) is 1. The van der Waals surface area contributed by atoms with Gasteiger partial charge in [0, 0.05) is 12.1 Å². The van der Waals surface area contributed by atoms with Gasteiger partial charge in [-0.3, -0.25) is 0 Å². The number of hydrogen-bond donors (Lipinski definition) is 2. The van der Waals surface area contributed by atoms with Crippen LogP contribution in [-0.2, 0) is 10.0 Å². The standard InChI is InChI=1S/C16H26N2O3S/c1-3-21-14-7-9-15(10-8-14)22(19,20)18-16(12-17)11-5-4-6-13(16)2/h7-10,13,18H,3-6,11-12,17H2,1-2H3. The lowest BCUT2D eigenvalue weighted by Gasteiger charge is -2.42. The molecule has 6 heteroatoms. The van der Waals surface area contributed by atoms with Crippen LogP contribution in [0.15, 0.2) is 29.2 Å². The molecule has 0 aromatic heterocycles. The molecule has 1 aliphatic carbocycles. The molecule has 0 amide bonds. The monoisotopic (exact) mass is 326 g/mol. The Bertz CT molecular complexity index is 586. The van der Waals surface area contributed by atoms with Gasteiger partial charge in [-0.25, -0.2) is 13.1 Å². The van der Waals surface area contributed by atoms with Crippen molar-refractivity contribution in [1.29, 1.82) is 0 Å². The molecule has 1 aromatic rings.